The van der Waals surface area contributed by atoms with Crippen molar-refractivity contribution >= 4 is 22.0 Å². The lowest BCUT2D eigenvalue weighted by atomic mass is 10.2. The number of fused-ring (bicyclic) bond motifs is 1. The van der Waals surface area contributed by atoms with Gasteiger partial charge in [0.25, 0.3) is 15.9 Å². The summed E-state index contributed by atoms with van der Waals surface area (Å²) >= 11 is 0. The van der Waals surface area contributed by atoms with Crippen LogP contribution in [0.1, 0.15) is 15.9 Å². The third-order valence-electron chi connectivity index (χ3n) is 3.21. The van der Waals surface area contributed by atoms with Crippen LogP contribution in [-0.2, 0) is 10.0 Å². The van der Waals surface area contributed by atoms with Crippen molar-refractivity contribution in [1.29, 1.82) is 0 Å². The van der Waals surface area contributed by atoms with Crippen molar-refractivity contribution in [3.8, 4) is 5.75 Å². The van der Waals surface area contributed by atoms with Crippen molar-refractivity contribution in [2.75, 3.05) is 0 Å². The van der Waals surface area contributed by atoms with Crippen molar-refractivity contribution in [1.82, 2.24) is 4.31 Å². The second-order valence-corrected chi connectivity index (χ2v) is 6.51. The Hall–Kier alpha value is -2.67. The van der Waals surface area contributed by atoms with Crippen molar-refractivity contribution in [2.24, 2.45) is 0 Å². The van der Waals surface area contributed by atoms with Crippen molar-refractivity contribution in [3.05, 3.63) is 59.7 Å². The fraction of sp³-hybridized carbons (Fsp3) is 0.0667. The Morgan fingerprint density at radius 3 is 2.32 bits per heavy atom. The molecule has 1 aliphatic rings. The molecule has 1 heterocycles. The summed E-state index contributed by atoms with van der Waals surface area (Å²) in [5.41, 5.74) is 0.917. The molecule has 7 heteroatoms. The van der Waals surface area contributed by atoms with Crippen LogP contribution >= 0.6 is 0 Å². The molecule has 1 aliphatic heterocycles. The molecule has 0 saturated heterocycles. The van der Waals surface area contributed by atoms with Gasteiger partial charge in [0.05, 0.1) is 5.56 Å². The first kappa shape index (κ1) is 14.3. The summed E-state index contributed by atoms with van der Waals surface area (Å²) in [6.07, 6.45) is -1.25. The normalized spacial score (nSPS) is 15.5. The first-order chi connectivity index (χ1) is 10.4. The number of ether oxygens (including phenoxy) is 1. The van der Waals surface area contributed by atoms with Gasteiger partial charge in [-0.1, -0.05) is 29.8 Å². The highest BCUT2D eigenvalue weighted by molar-refractivity contribution is 7.90. The SMILES string of the molecule is Cc1ccc(OC(=O)N2C(=O)c3ccccc3S2(=O)=O)cc1. The van der Waals surface area contributed by atoms with Gasteiger partial charge in [-0.2, -0.15) is 0 Å². The molecule has 112 valence electrons. The van der Waals surface area contributed by atoms with Gasteiger partial charge in [-0.3, -0.25) is 4.79 Å². The number of hydrogen-bond acceptors (Lipinski definition) is 5. The average molecular weight is 317 g/mol. The van der Waals surface area contributed by atoms with Gasteiger partial charge in [0.2, 0.25) is 0 Å². The van der Waals surface area contributed by atoms with Crippen LogP contribution in [0.25, 0.3) is 0 Å². The van der Waals surface area contributed by atoms with E-state index in [1.165, 1.54) is 36.4 Å². The second kappa shape index (κ2) is 4.96. The first-order valence-corrected chi connectivity index (χ1v) is 7.82. The molecule has 0 radical (unpaired) electrons. The van der Waals surface area contributed by atoms with E-state index in [-0.39, 0.29) is 20.5 Å². The Kier molecular flexibility index (Phi) is 3.22. The Bertz CT molecular complexity index is 871. The molecule has 0 spiro atoms. The molecule has 0 aliphatic carbocycles. The van der Waals surface area contributed by atoms with Crippen LogP contribution in [-0.4, -0.2) is 24.7 Å². The van der Waals surface area contributed by atoms with Gasteiger partial charge in [0.1, 0.15) is 10.6 Å². The number of hydrogen-bond donors (Lipinski definition) is 0. The van der Waals surface area contributed by atoms with E-state index < -0.39 is 22.0 Å². The lowest BCUT2D eigenvalue weighted by Crippen LogP contribution is -2.38. The van der Waals surface area contributed by atoms with Crippen LogP contribution in [0.2, 0.25) is 0 Å². The molecular weight excluding hydrogens is 306 g/mol. The van der Waals surface area contributed by atoms with Crippen molar-refractivity contribution < 1.29 is 22.7 Å². The Morgan fingerprint density at radius 2 is 1.68 bits per heavy atom. The molecule has 22 heavy (non-hydrogen) atoms. The highest BCUT2D eigenvalue weighted by atomic mass is 32.2. The molecule has 0 atom stereocenters. The van der Waals surface area contributed by atoms with E-state index in [1.807, 2.05) is 6.92 Å². The standard InChI is InChI=1S/C15H11NO5S/c1-10-6-8-11(9-7-10)21-15(18)16-14(17)12-4-2-3-5-13(12)22(16,19)20/h2-9H,1H3. The van der Waals surface area contributed by atoms with Crippen LogP contribution in [0.5, 0.6) is 5.75 Å². The number of rotatable bonds is 1. The lowest BCUT2D eigenvalue weighted by Gasteiger charge is -2.13. The van der Waals surface area contributed by atoms with E-state index in [0.29, 0.717) is 0 Å². The van der Waals surface area contributed by atoms with Crippen LogP contribution in [0.3, 0.4) is 0 Å². The van der Waals surface area contributed by atoms with Gasteiger partial charge in [-0.25, -0.2) is 13.2 Å². The third-order valence-corrected chi connectivity index (χ3v) is 4.92. The second-order valence-electron chi connectivity index (χ2n) is 4.75. The van der Waals surface area contributed by atoms with Gasteiger partial charge in [0.15, 0.2) is 0 Å². The number of nitrogens with zero attached hydrogens (tertiary/aromatic N) is 1. The predicted molar refractivity (Wildman–Crippen MR) is 77.0 cm³/mol. The van der Waals surface area contributed by atoms with Crippen molar-refractivity contribution in [3.63, 3.8) is 0 Å². The van der Waals surface area contributed by atoms with Gasteiger partial charge in [0, 0.05) is 0 Å². The van der Waals surface area contributed by atoms with Gasteiger partial charge in [-0.05, 0) is 31.2 Å². The smallest absolute Gasteiger partial charge is 0.409 e. The van der Waals surface area contributed by atoms with Gasteiger partial charge in [-0.15, -0.1) is 4.31 Å². The maximum atomic E-state index is 12.3. The zero-order valence-corrected chi connectivity index (χ0v) is 12.3. The minimum Gasteiger partial charge on any atom is -0.409 e. The fourth-order valence-corrected chi connectivity index (χ4v) is 3.55. The summed E-state index contributed by atoms with van der Waals surface area (Å²) in [4.78, 5) is 24.0. The van der Waals surface area contributed by atoms with Gasteiger partial charge < -0.3 is 4.74 Å². The summed E-state index contributed by atoms with van der Waals surface area (Å²) in [6, 6.07) is 12.1. The highest BCUT2D eigenvalue weighted by Crippen LogP contribution is 2.30. The summed E-state index contributed by atoms with van der Waals surface area (Å²) in [5, 5.41) is 0. The van der Waals surface area contributed by atoms with E-state index in [1.54, 1.807) is 12.1 Å². The topological polar surface area (TPSA) is 80.8 Å². The number of benzene rings is 2. The minimum absolute atomic E-state index is 0.0386. The molecule has 0 saturated carbocycles. The molecule has 6 nitrogen and oxygen atoms in total. The number of sulfonamides is 1. The van der Waals surface area contributed by atoms with Crippen LogP contribution < -0.4 is 4.74 Å². The molecule has 2 aromatic rings. The third kappa shape index (κ3) is 2.15. The zero-order valence-electron chi connectivity index (χ0n) is 11.5. The summed E-state index contributed by atoms with van der Waals surface area (Å²) in [5.74, 6) is -0.748. The van der Waals surface area contributed by atoms with E-state index in [9.17, 15) is 18.0 Å². The summed E-state index contributed by atoms with van der Waals surface area (Å²) < 4.78 is 29.7. The molecule has 0 unspecified atom stereocenters. The van der Waals surface area contributed by atoms with E-state index >= 15 is 0 Å². The highest BCUT2D eigenvalue weighted by Gasteiger charge is 2.46. The van der Waals surface area contributed by atoms with Crippen LogP contribution in [0.4, 0.5) is 4.79 Å². The Balaban J connectivity index is 1.94. The average Bonchev–Trinajstić information content (AvgIpc) is 2.69. The molecule has 0 fully saturated rings. The summed E-state index contributed by atoms with van der Waals surface area (Å²) in [6.45, 7) is 1.86. The minimum atomic E-state index is -4.21. The lowest BCUT2D eigenvalue weighted by molar-refractivity contribution is 0.0866. The Morgan fingerprint density at radius 1 is 1.05 bits per heavy atom. The zero-order chi connectivity index (χ0) is 15.9. The van der Waals surface area contributed by atoms with Crippen LogP contribution in [0, 0.1) is 6.92 Å². The van der Waals surface area contributed by atoms with Gasteiger partial charge >= 0.3 is 6.09 Å². The maximum Gasteiger partial charge on any atom is 0.436 e. The number of imide groups is 1. The largest absolute Gasteiger partial charge is 0.436 e. The maximum absolute atomic E-state index is 12.3. The fourth-order valence-electron chi connectivity index (χ4n) is 2.11. The molecule has 0 bridgehead atoms. The molecular formula is C15H11NO5S. The molecule has 2 aromatic carbocycles. The number of aryl methyl sites for hydroxylation is 1. The van der Waals surface area contributed by atoms with Crippen LogP contribution in [0.15, 0.2) is 53.4 Å². The number of carbonyl (C=O) groups excluding carboxylic acids is 2. The molecule has 0 N–H and O–H groups in total. The number of amides is 2. The Labute approximate surface area is 127 Å². The molecule has 3 rings (SSSR count). The van der Waals surface area contributed by atoms with E-state index in [2.05, 4.69) is 0 Å². The number of carbonyl (C=O) groups is 2. The molecule has 0 aromatic heterocycles. The first-order valence-electron chi connectivity index (χ1n) is 6.38. The van der Waals surface area contributed by atoms with Crippen molar-refractivity contribution in [2.45, 2.75) is 11.8 Å². The predicted octanol–water partition coefficient (Wildman–Crippen LogP) is 2.34. The molecule has 2 amide bonds. The monoisotopic (exact) mass is 317 g/mol. The van der Waals surface area contributed by atoms with E-state index in [4.69, 9.17) is 4.74 Å². The van der Waals surface area contributed by atoms with E-state index in [0.717, 1.165) is 5.56 Å². The summed E-state index contributed by atoms with van der Waals surface area (Å²) in [7, 11) is -4.21. The quantitative estimate of drug-likeness (QED) is 0.806.